The minimum absolute atomic E-state index is 0.0374. The lowest BCUT2D eigenvalue weighted by atomic mass is 10.1. The van der Waals surface area contributed by atoms with Gasteiger partial charge in [-0.15, -0.1) is 11.8 Å². The summed E-state index contributed by atoms with van der Waals surface area (Å²) in [4.78, 5) is 33.6. The predicted molar refractivity (Wildman–Crippen MR) is 129 cm³/mol. The number of rotatable bonds is 7. The van der Waals surface area contributed by atoms with Gasteiger partial charge < -0.3 is 15.5 Å². The Labute approximate surface area is 194 Å². The number of nitrogens with zero attached hydrogens (tertiary/aromatic N) is 3. The third kappa shape index (κ3) is 6.23. The van der Waals surface area contributed by atoms with Crippen LogP contribution in [-0.2, 0) is 11.2 Å². The number of likely N-dealkylation sites (tertiary alicyclic amines) is 1. The smallest absolute Gasteiger partial charge is 0.326 e. The van der Waals surface area contributed by atoms with Crippen molar-refractivity contribution in [3.8, 4) is 0 Å². The molecule has 0 saturated carbocycles. The number of benzene rings is 1. The number of fused-ring (bicyclic) bond motifs is 1. The van der Waals surface area contributed by atoms with Gasteiger partial charge in [0.05, 0.1) is 12.1 Å². The van der Waals surface area contributed by atoms with Crippen LogP contribution in [0.4, 0.5) is 16.2 Å². The largest absolute Gasteiger partial charge is 0.356 e. The number of aromatic nitrogens is 1. The third-order valence-corrected chi connectivity index (χ3v) is 6.81. The number of pyridine rings is 1. The molecule has 8 heteroatoms. The number of carbonyl (C=O) groups is 2. The molecule has 32 heavy (non-hydrogen) atoms. The number of piperidine rings is 1. The lowest BCUT2D eigenvalue weighted by Gasteiger charge is -2.28. The Morgan fingerprint density at radius 1 is 1.03 bits per heavy atom. The molecule has 4 rings (SSSR count). The monoisotopic (exact) mass is 453 g/mol. The highest BCUT2D eigenvalue weighted by Gasteiger charge is 2.23. The zero-order valence-electron chi connectivity index (χ0n) is 18.4. The van der Waals surface area contributed by atoms with Crippen LogP contribution in [-0.4, -0.2) is 60.3 Å². The summed E-state index contributed by atoms with van der Waals surface area (Å²) in [7, 11) is 0. The number of carbonyl (C=O) groups excluding carboxylic acids is 2. The first-order valence-corrected chi connectivity index (χ1v) is 12.4. The fourth-order valence-electron chi connectivity index (χ4n) is 4.12. The molecule has 2 aliphatic heterocycles. The standard InChI is InChI=1S/C24H31N5O2S/c30-22(25-12-5-15-28-13-2-1-3-14-28)18-19-7-9-20(10-8-19)27-24(31)29-16-17-32-23-21(29)6-4-11-26-23/h4,6-11H,1-3,5,12-18H2,(H,25,30)(H,27,31). The Morgan fingerprint density at radius 3 is 2.66 bits per heavy atom. The van der Waals surface area contributed by atoms with Crippen LogP contribution in [0, 0.1) is 0 Å². The Kier molecular flexibility index (Phi) is 8.01. The van der Waals surface area contributed by atoms with E-state index < -0.39 is 0 Å². The number of thioether (sulfide) groups is 1. The molecule has 2 N–H and O–H groups in total. The fraction of sp³-hybridized carbons (Fsp3) is 0.458. The first-order valence-electron chi connectivity index (χ1n) is 11.4. The van der Waals surface area contributed by atoms with Crippen LogP contribution in [0.15, 0.2) is 47.6 Å². The molecule has 3 heterocycles. The molecular weight excluding hydrogens is 422 g/mol. The summed E-state index contributed by atoms with van der Waals surface area (Å²) in [6.07, 6.45) is 7.02. The van der Waals surface area contributed by atoms with Crippen LogP contribution in [0.25, 0.3) is 0 Å². The van der Waals surface area contributed by atoms with Gasteiger partial charge in [-0.05, 0) is 68.7 Å². The van der Waals surface area contributed by atoms with Crippen molar-refractivity contribution in [2.24, 2.45) is 0 Å². The van der Waals surface area contributed by atoms with Crippen molar-refractivity contribution in [3.05, 3.63) is 48.2 Å². The Hall–Kier alpha value is -2.58. The van der Waals surface area contributed by atoms with Crippen molar-refractivity contribution in [3.63, 3.8) is 0 Å². The zero-order valence-corrected chi connectivity index (χ0v) is 19.2. The molecule has 1 fully saturated rings. The quantitative estimate of drug-likeness (QED) is 0.624. The molecule has 2 aliphatic rings. The van der Waals surface area contributed by atoms with E-state index in [4.69, 9.17) is 0 Å². The highest BCUT2D eigenvalue weighted by Crippen LogP contribution is 2.32. The summed E-state index contributed by atoms with van der Waals surface area (Å²) in [6, 6.07) is 11.1. The summed E-state index contributed by atoms with van der Waals surface area (Å²) >= 11 is 1.66. The molecule has 1 aromatic heterocycles. The Bertz CT molecular complexity index is 915. The van der Waals surface area contributed by atoms with Crippen molar-refractivity contribution < 1.29 is 9.59 Å². The zero-order chi connectivity index (χ0) is 22.2. The van der Waals surface area contributed by atoms with Crippen molar-refractivity contribution >= 4 is 35.1 Å². The lowest BCUT2D eigenvalue weighted by Crippen LogP contribution is -2.38. The summed E-state index contributed by atoms with van der Waals surface area (Å²) in [5.74, 6) is 0.860. The SMILES string of the molecule is O=C(Cc1ccc(NC(=O)N2CCSc3ncccc32)cc1)NCCCN1CCCCC1. The highest BCUT2D eigenvalue weighted by atomic mass is 32.2. The molecule has 1 saturated heterocycles. The number of amides is 3. The van der Waals surface area contributed by atoms with Gasteiger partial charge in [-0.2, -0.15) is 0 Å². The van der Waals surface area contributed by atoms with Gasteiger partial charge in [0.15, 0.2) is 0 Å². The molecule has 0 radical (unpaired) electrons. The molecule has 170 valence electrons. The van der Waals surface area contributed by atoms with E-state index in [1.54, 1.807) is 22.9 Å². The van der Waals surface area contributed by atoms with Gasteiger partial charge in [-0.25, -0.2) is 9.78 Å². The second kappa shape index (κ2) is 11.3. The summed E-state index contributed by atoms with van der Waals surface area (Å²) in [6.45, 7) is 4.80. The second-order valence-electron chi connectivity index (χ2n) is 8.24. The lowest BCUT2D eigenvalue weighted by molar-refractivity contribution is -0.120. The van der Waals surface area contributed by atoms with E-state index in [0.29, 0.717) is 25.2 Å². The molecule has 1 aromatic carbocycles. The second-order valence-corrected chi connectivity index (χ2v) is 9.32. The molecule has 2 aromatic rings. The van der Waals surface area contributed by atoms with Crippen LogP contribution in [0.2, 0.25) is 0 Å². The molecule has 0 atom stereocenters. The minimum Gasteiger partial charge on any atom is -0.356 e. The van der Waals surface area contributed by atoms with E-state index in [0.717, 1.165) is 35.0 Å². The van der Waals surface area contributed by atoms with E-state index in [1.165, 1.54) is 32.4 Å². The third-order valence-electron chi connectivity index (χ3n) is 5.83. The van der Waals surface area contributed by atoms with E-state index in [-0.39, 0.29) is 11.9 Å². The van der Waals surface area contributed by atoms with E-state index >= 15 is 0 Å². The normalized spacial score (nSPS) is 16.3. The molecule has 7 nitrogen and oxygen atoms in total. The average molecular weight is 454 g/mol. The Balaban J connectivity index is 1.21. The van der Waals surface area contributed by atoms with Crippen molar-refractivity contribution in [1.29, 1.82) is 0 Å². The minimum atomic E-state index is -0.168. The van der Waals surface area contributed by atoms with Crippen molar-refractivity contribution in [2.75, 3.05) is 48.7 Å². The van der Waals surface area contributed by atoms with Crippen LogP contribution in [0.1, 0.15) is 31.2 Å². The molecule has 0 aliphatic carbocycles. The van der Waals surface area contributed by atoms with Gasteiger partial charge in [-0.1, -0.05) is 18.6 Å². The van der Waals surface area contributed by atoms with Crippen LogP contribution in [0.5, 0.6) is 0 Å². The summed E-state index contributed by atoms with van der Waals surface area (Å²) in [5, 5.41) is 6.85. The van der Waals surface area contributed by atoms with Gasteiger partial charge in [0, 0.05) is 30.7 Å². The maximum Gasteiger partial charge on any atom is 0.326 e. The number of hydrogen-bond donors (Lipinski definition) is 2. The summed E-state index contributed by atoms with van der Waals surface area (Å²) in [5.41, 5.74) is 2.49. The number of hydrogen-bond acceptors (Lipinski definition) is 5. The van der Waals surface area contributed by atoms with Gasteiger partial charge in [-0.3, -0.25) is 9.69 Å². The predicted octanol–water partition coefficient (Wildman–Crippen LogP) is 3.76. The van der Waals surface area contributed by atoms with Gasteiger partial charge >= 0.3 is 6.03 Å². The van der Waals surface area contributed by atoms with Crippen LogP contribution in [0.3, 0.4) is 0 Å². The van der Waals surface area contributed by atoms with E-state index in [2.05, 4.69) is 20.5 Å². The van der Waals surface area contributed by atoms with Crippen LogP contribution >= 0.6 is 11.8 Å². The van der Waals surface area contributed by atoms with E-state index in [1.807, 2.05) is 36.4 Å². The van der Waals surface area contributed by atoms with Gasteiger partial charge in [0.2, 0.25) is 5.91 Å². The maximum atomic E-state index is 12.8. The van der Waals surface area contributed by atoms with E-state index in [9.17, 15) is 9.59 Å². The molecule has 0 bridgehead atoms. The first-order chi connectivity index (χ1) is 15.7. The number of urea groups is 1. The average Bonchev–Trinajstić information content (AvgIpc) is 2.83. The molecule has 3 amide bonds. The molecular formula is C24H31N5O2S. The topological polar surface area (TPSA) is 77.6 Å². The number of nitrogens with one attached hydrogen (secondary N) is 2. The highest BCUT2D eigenvalue weighted by molar-refractivity contribution is 7.99. The fourth-order valence-corrected chi connectivity index (χ4v) is 5.05. The van der Waals surface area contributed by atoms with Crippen LogP contribution < -0.4 is 15.5 Å². The first kappa shape index (κ1) is 22.6. The molecule has 0 spiro atoms. The number of anilines is 2. The maximum absolute atomic E-state index is 12.8. The van der Waals surface area contributed by atoms with Gasteiger partial charge in [0.25, 0.3) is 0 Å². The summed E-state index contributed by atoms with van der Waals surface area (Å²) < 4.78 is 0. The van der Waals surface area contributed by atoms with Gasteiger partial charge in [0.1, 0.15) is 5.03 Å². The molecule has 0 unspecified atom stereocenters. The Morgan fingerprint density at radius 2 is 1.84 bits per heavy atom. The van der Waals surface area contributed by atoms with Crippen molar-refractivity contribution in [2.45, 2.75) is 37.1 Å². The van der Waals surface area contributed by atoms with Crippen molar-refractivity contribution in [1.82, 2.24) is 15.2 Å².